The van der Waals surface area contributed by atoms with Gasteiger partial charge in [-0.2, -0.15) is 0 Å². The molecule has 0 unspecified atom stereocenters. The highest BCUT2D eigenvalue weighted by molar-refractivity contribution is 6.41. The third-order valence-electron chi connectivity index (χ3n) is 2.98. The van der Waals surface area contributed by atoms with Crippen LogP contribution in [0.15, 0.2) is 20.3 Å². The van der Waals surface area contributed by atoms with Crippen molar-refractivity contribution in [3.05, 3.63) is 0 Å². The number of hydrogen-bond donors (Lipinski definition) is 2. The third-order valence-corrected chi connectivity index (χ3v) is 2.98. The minimum atomic E-state index is 0.577. The lowest BCUT2D eigenvalue weighted by Crippen LogP contribution is -2.10. The van der Waals surface area contributed by atoms with Crippen molar-refractivity contribution in [1.82, 2.24) is 0 Å². The molecular weight excluding hydrogens is 256 g/mol. The van der Waals surface area contributed by atoms with E-state index in [0.29, 0.717) is 24.5 Å². The Hall–Kier alpha value is -1.72. The van der Waals surface area contributed by atoms with E-state index in [1.54, 1.807) is 13.8 Å². The van der Waals surface area contributed by atoms with Crippen LogP contribution in [0.5, 0.6) is 0 Å². The van der Waals surface area contributed by atoms with E-state index in [0.717, 1.165) is 37.1 Å². The molecule has 0 spiro atoms. The minimum Gasteiger partial charge on any atom is -0.411 e. The van der Waals surface area contributed by atoms with E-state index in [4.69, 9.17) is 10.4 Å². The van der Waals surface area contributed by atoms with Crippen LogP contribution < -0.4 is 0 Å². The first-order chi connectivity index (χ1) is 9.60. The maximum atomic E-state index is 8.70. The van der Waals surface area contributed by atoms with Crippen molar-refractivity contribution in [1.29, 1.82) is 0 Å². The number of unbranched alkanes of at least 4 members (excludes halogenated alkanes) is 1. The molecule has 0 aliphatic carbocycles. The van der Waals surface area contributed by atoms with Crippen LogP contribution in [-0.2, 0) is 0 Å². The lowest BCUT2D eigenvalue weighted by atomic mass is 10.2. The molecule has 0 aromatic carbocycles. The highest BCUT2D eigenvalue weighted by Gasteiger charge is 2.02. The lowest BCUT2D eigenvalue weighted by Gasteiger charge is -2.03. The molecule has 2 N–H and O–H groups in total. The van der Waals surface area contributed by atoms with Crippen molar-refractivity contribution >= 4 is 22.8 Å². The SMILES string of the molecule is CCC(=NCCCCN=C(CC)/C(C)=N/O)/C(C)=N/O. The molecule has 6 nitrogen and oxygen atoms in total. The van der Waals surface area contributed by atoms with Gasteiger partial charge in [0, 0.05) is 13.1 Å². The molecule has 0 bridgehead atoms. The summed E-state index contributed by atoms with van der Waals surface area (Å²) in [5.74, 6) is 0. The zero-order valence-corrected chi connectivity index (χ0v) is 12.9. The summed E-state index contributed by atoms with van der Waals surface area (Å²) < 4.78 is 0. The second-order valence-corrected chi connectivity index (χ2v) is 4.44. The van der Waals surface area contributed by atoms with Crippen LogP contribution in [0, 0.1) is 0 Å². The van der Waals surface area contributed by atoms with Crippen LogP contribution in [0.1, 0.15) is 53.4 Å². The zero-order valence-electron chi connectivity index (χ0n) is 12.9. The third kappa shape index (κ3) is 7.01. The zero-order chi connectivity index (χ0) is 15.4. The number of rotatable bonds is 9. The van der Waals surface area contributed by atoms with Crippen LogP contribution in [0.2, 0.25) is 0 Å². The summed E-state index contributed by atoms with van der Waals surface area (Å²) in [7, 11) is 0. The molecule has 0 aliphatic rings. The molecule has 0 aliphatic heterocycles. The van der Waals surface area contributed by atoms with Gasteiger partial charge in [-0.1, -0.05) is 24.2 Å². The smallest absolute Gasteiger partial charge is 0.0974 e. The number of aliphatic imine (C=N–C) groups is 2. The van der Waals surface area contributed by atoms with Gasteiger partial charge < -0.3 is 10.4 Å². The van der Waals surface area contributed by atoms with Crippen molar-refractivity contribution < 1.29 is 10.4 Å². The van der Waals surface area contributed by atoms with Gasteiger partial charge in [-0.15, -0.1) is 0 Å². The van der Waals surface area contributed by atoms with E-state index in [1.807, 2.05) is 13.8 Å². The number of nitrogens with zero attached hydrogens (tertiary/aromatic N) is 4. The molecule has 0 saturated heterocycles. The Kier molecular flexibility index (Phi) is 10.2. The maximum Gasteiger partial charge on any atom is 0.0974 e. The normalized spacial score (nSPS) is 14.8. The lowest BCUT2D eigenvalue weighted by molar-refractivity contribution is 0.319. The van der Waals surface area contributed by atoms with Crippen molar-refractivity contribution in [2.45, 2.75) is 53.4 Å². The molecule has 0 heterocycles. The van der Waals surface area contributed by atoms with Crippen LogP contribution in [-0.4, -0.2) is 46.4 Å². The van der Waals surface area contributed by atoms with Gasteiger partial charge in [0.1, 0.15) is 0 Å². The highest BCUT2D eigenvalue weighted by Crippen LogP contribution is 1.98. The van der Waals surface area contributed by atoms with Crippen LogP contribution in [0.4, 0.5) is 0 Å². The first-order valence-corrected chi connectivity index (χ1v) is 7.05. The van der Waals surface area contributed by atoms with Crippen molar-refractivity contribution in [3.8, 4) is 0 Å². The Balaban J connectivity index is 4.15. The van der Waals surface area contributed by atoms with Gasteiger partial charge in [-0.3, -0.25) is 9.98 Å². The average molecular weight is 282 g/mol. The van der Waals surface area contributed by atoms with Gasteiger partial charge in [0.25, 0.3) is 0 Å². The van der Waals surface area contributed by atoms with Crippen molar-refractivity contribution in [2.75, 3.05) is 13.1 Å². The van der Waals surface area contributed by atoms with Gasteiger partial charge in [-0.25, -0.2) is 0 Å². The Labute approximate surface area is 121 Å². The Morgan fingerprint density at radius 2 is 1.10 bits per heavy atom. The summed E-state index contributed by atoms with van der Waals surface area (Å²) in [6.45, 7) is 8.89. The molecular formula is C14H26N4O2. The van der Waals surface area contributed by atoms with E-state index in [2.05, 4.69) is 20.3 Å². The molecule has 0 radical (unpaired) electrons. The number of hydrogen-bond acceptors (Lipinski definition) is 6. The first-order valence-electron chi connectivity index (χ1n) is 7.05. The van der Waals surface area contributed by atoms with Crippen molar-refractivity contribution in [2.24, 2.45) is 20.3 Å². The largest absolute Gasteiger partial charge is 0.411 e. The second kappa shape index (κ2) is 11.1. The highest BCUT2D eigenvalue weighted by atomic mass is 16.4. The predicted molar refractivity (Wildman–Crippen MR) is 84.2 cm³/mol. The van der Waals surface area contributed by atoms with Gasteiger partial charge in [0.05, 0.1) is 22.8 Å². The van der Waals surface area contributed by atoms with Gasteiger partial charge in [0.2, 0.25) is 0 Å². The monoisotopic (exact) mass is 282 g/mol. The maximum absolute atomic E-state index is 8.70. The summed E-state index contributed by atoms with van der Waals surface area (Å²) in [5, 5.41) is 23.7. The topological polar surface area (TPSA) is 89.9 Å². The molecule has 0 aromatic rings. The van der Waals surface area contributed by atoms with E-state index in [-0.39, 0.29) is 0 Å². The Bertz CT molecular complexity index is 360. The van der Waals surface area contributed by atoms with Crippen molar-refractivity contribution in [3.63, 3.8) is 0 Å². The average Bonchev–Trinajstić information content (AvgIpc) is 2.48. The molecule has 0 fully saturated rings. The second-order valence-electron chi connectivity index (χ2n) is 4.44. The van der Waals surface area contributed by atoms with Crippen LogP contribution in [0.3, 0.4) is 0 Å². The fourth-order valence-corrected chi connectivity index (χ4v) is 1.73. The predicted octanol–water partition coefficient (Wildman–Crippen LogP) is 3.17. The van der Waals surface area contributed by atoms with Crippen LogP contribution in [0.25, 0.3) is 0 Å². The molecule has 114 valence electrons. The molecule has 0 saturated carbocycles. The molecule has 0 amide bonds. The summed E-state index contributed by atoms with van der Waals surface area (Å²) in [5.41, 5.74) is 2.84. The fourth-order valence-electron chi connectivity index (χ4n) is 1.73. The Morgan fingerprint density at radius 3 is 1.35 bits per heavy atom. The summed E-state index contributed by atoms with van der Waals surface area (Å²) in [6.07, 6.45) is 3.39. The first kappa shape index (κ1) is 18.3. The summed E-state index contributed by atoms with van der Waals surface area (Å²) >= 11 is 0. The number of oxime groups is 2. The van der Waals surface area contributed by atoms with Gasteiger partial charge >= 0.3 is 0 Å². The summed E-state index contributed by atoms with van der Waals surface area (Å²) in [6, 6.07) is 0. The van der Waals surface area contributed by atoms with E-state index in [9.17, 15) is 0 Å². The Morgan fingerprint density at radius 1 is 0.750 bits per heavy atom. The van der Waals surface area contributed by atoms with Gasteiger partial charge in [0.15, 0.2) is 0 Å². The molecule has 0 aromatic heterocycles. The molecule has 0 atom stereocenters. The van der Waals surface area contributed by atoms with E-state index < -0.39 is 0 Å². The van der Waals surface area contributed by atoms with Gasteiger partial charge in [-0.05, 0) is 39.5 Å². The molecule has 6 heteroatoms. The standard InChI is InChI=1S/C14H26N4O2/c1-5-13(11(3)17-19)15-9-7-8-10-16-14(6-2)12(4)18-20/h19-20H,5-10H2,1-4H3/b15-13?,16-14?,17-11+,18-12+. The minimum absolute atomic E-state index is 0.577. The molecule has 20 heavy (non-hydrogen) atoms. The quantitative estimate of drug-likeness (QED) is 0.294. The fraction of sp³-hybridized carbons (Fsp3) is 0.714. The van der Waals surface area contributed by atoms with Crippen LogP contribution >= 0.6 is 0 Å². The molecule has 0 rings (SSSR count). The van der Waals surface area contributed by atoms with E-state index in [1.165, 1.54) is 0 Å². The van der Waals surface area contributed by atoms with E-state index >= 15 is 0 Å². The summed E-state index contributed by atoms with van der Waals surface area (Å²) in [4.78, 5) is 8.83.